The normalized spacial score (nSPS) is 14.5. The first-order valence-electron chi connectivity index (χ1n) is 8.12. The van der Waals surface area contributed by atoms with Crippen LogP contribution in [0.1, 0.15) is 10.5 Å². The standard InChI is InChI=1S/C18H17N5O2/c24-17(23-9-11-25-12-10-23)15-6-8-20-18(22-15)21-14-5-1-3-13-4-2-7-19-16(13)14/h1-8H,9-12H2,(H,20,21,22). The molecule has 3 aromatic rings. The zero-order chi connectivity index (χ0) is 17.1. The molecule has 2 aromatic heterocycles. The van der Waals surface area contributed by atoms with Gasteiger partial charge in [0.2, 0.25) is 5.95 Å². The summed E-state index contributed by atoms with van der Waals surface area (Å²) < 4.78 is 5.28. The Labute approximate surface area is 144 Å². The van der Waals surface area contributed by atoms with Gasteiger partial charge in [-0.05, 0) is 18.2 Å². The summed E-state index contributed by atoms with van der Waals surface area (Å²) in [5.41, 5.74) is 2.00. The van der Waals surface area contributed by atoms with Crippen molar-refractivity contribution in [1.82, 2.24) is 19.9 Å². The van der Waals surface area contributed by atoms with Crippen LogP contribution >= 0.6 is 0 Å². The second kappa shape index (κ2) is 6.82. The van der Waals surface area contributed by atoms with Crippen LogP contribution in [0.3, 0.4) is 0 Å². The fourth-order valence-electron chi connectivity index (χ4n) is 2.79. The molecule has 1 amide bonds. The van der Waals surface area contributed by atoms with E-state index >= 15 is 0 Å². The molecule has 0 unspecified atom stereocenters. The van der Waals surface area contributed by atoms with Crippen molar-refractivity contribution in [3.63, 3.8) is 0 Å². The molecule has 0 spiro atoms. The van der Waals surface area contributed by atoms with E-state index in [1.165, 1.54) is 0 Å². The molecule has 0 atom stereocenters. The van der Waals surface area contributed by atoms with E-state index in [-0.39, 0.29) is 5.91 Å². The average molecular weight is 335 g/mol. The summed E-state index contributed by atoms with van der Waals surface area (Å²) in [5.74, 6) is 0.266. The van der Waals surface area contributed by atoms with Gasteiger partial charge in [0.25, 0.3) is 5.91 Å². The quantitative estimate of drug-likeness (QED) is 0.791. The maximum absolute atomic E-state index is 12.6. The van der Waals surface area contributed by atoms with E-state index in [1.54, 1.807) is 23.4 Å². The number of nitrogens with zero attached hydrogens (tertiary/aromatic N) is 4. The second-order valence-electron chi connectivity index (χ2n) is 5.68. The minimum Gasteiger partial charge on any atom is -0.378 e. The van der Waals surface area contributed by atoms with E-state index in [0.29, 0.717) is 37.9 Å². The van der Waals surface area contributed by atoms with Crippen molar-refractivity contribution < 1.29 is 9.53 Å². The maximum atomic E-state index is 12.6. The van der Waals surface area contributed by atoms with Gasteiger partial charge in [0.05, 0.1) is 24.4 Å². The van der Waals surface area contributed by atoms with Crippen LogP contribution in [-0.4, -0.2) is 52.1 Å². The van der Waals surface area contributed by atoms with E-state index < -0.39 is 0 Å². The number of para-hydroxylation sites is 1. The maximum Gasteiger partial charge on any atom is 0.272 e. The minimum atomic E-state index is -0.107. The highest BCUT2D eigenvalue weighted by Crippen LogP contribution is 2.23. The molecule has 1 aliphatic rings. The summed E-state index contributed by atoms with van der Waals surface area (Å²) in [6.07, 6.45) is 3.33. The fraction of sp³-hybridized carbons (Fsp3) is 0.222. The summed E-state index contributed by atoms with van der Waals surface area (Å²) in [5, 5.41) is 4.19. The van der Waals surface area contributed by atoms with Crippen LogP contribution in [-0.2, 0) is 4.74 Å². The molecule has 1 aliphatic heterocycles. The molecule has 1 N–H and O–H groups in total. The topological polar surface area (TPSA) is 80.2 Å². The molecule has 25 heavy (non-hydrogen) atoms. The van der Waals surface area contributed by atoms with Gasteiger partial charge in [0.1, 0.15) is 5.69 Å². The molecular weight excluding hydrogens is 318 g/mol. The largest absolute Gasteiger partial charge is 0.378 e. The Morgan fingerprint density at radius 2 is 1.88 bits per heavy atom. The zero-order valence-corrected chi connectivity index (χ0v) is 13.6. The Balaban J connectivity index is 1.60. The molecule has 4 rings (SSSR count). The number of carbonyl (C=O) groups is 1. The number of pyridine rings is 1. The number of hydrogen-bond acceptors (Lipinski definition) is 6. The second-order valence-corrected chi connectivity index (χ2v) is 5.68. The number of aromatic nitrogens is 3. The van der Waals surface area contributed by atoms with Crippen molar-refractivity contribution in [2.45, 2.75) is 0 Å². The lowest BCUT2D eigenvalue weighted by molar-refractivity contribution is 0.0299. The highest BCUT2D eigenvalue weighted by molar-refractivity contribution is 5.93. The van der Waals surface area contributed by atoms with Crippen LogP contribution in [0.15, 0.2) is 48.8 Å². The Bertz CT molecular complexity index is 903. The van der Waals surface area contributed by atoms with Crippen molar-refractivity contribution >= 4 is 28.4 Å². The molecular formula is C18H17N5O2. The minimum absolute atomic E-state index is 0.107. The van der Waals surface area contributed by atoms with Gasteiger partial charge >= 0.3 is 0 Å². The Morgan fingerprint density at radius 1 is 1.04 bits per heavy atom. The number of anilines is 2. The first kappa shape index (κ1) is 15.5. The van der Waals surface area contributed by atoms with E-state index in [4.69, 9.17) is 4.74 Å². The molecule has 0 saturated carbocycles. The number of nitrogens with one attached hydrogen (secondary N) is 1. The van der Waals surface area contributed by atoms with Crippen LogP contribution in [0.5, 0.6) is 0 Å². The third-order valence-electron chi connectivity index (χ3n) is 4.05. The molecule has 0 bridgehead atoms. The van der Waals surface area contributed by atoms with E-state index in [9.17, 15) is 4.79 Å². The van der Waals surface area contributed by atoms with Gasteiger partial charge in [-0.3, -0.25) is 9.78 Å². The number of rotatable bonds is 3. The third-order valence-corrected chi connectivity index (χ3v) is 4.05. The molecule has 126 valence electrons. The van der Waals surface area contributed by atoms with E-state index in [0.717, 1.165) is 16.6 Å². The number of fused-ring (bicyclic) bond motifs is 1. The third kappa shape index (κ3) is 3.27. The predicted molar refractivity (Wildman–Crippen MR) is 93.8 cm³/mol. The number of ether oxygens (including phenoxy) is 1. The van der Waals surface area contributed by atoms with Crippen molar-refractivity contribution in [2.24, 2.45) is 0 Å². The number of amides is 1. The molecule has 1 saturated heterocycles. The van der Waals surface area contributed by atoms with Crippen molar-refractivity contribution in [2.75, 3.05) is 31.6 Å². The summed E-state index contributed by atoms with van der Waals surface area (Å²) in [7, 11) is 0. The van der Waals surface area contributed by atoms with E-state index in [1.807, 2.05) is 30.3 Å². The number of carbonyl (C=O) groups excluding carboxylic acids is 1. The van der Waals surface area contributed by atoms with Gasteiger partial charge in [0.15, 0.2) is 0 Å². The van der Waals surface area contributed by atoms with Gasteiger partial charge in [-0.1, -0.05) is 18.2 Å². The van der Waals surface area contributed by atoms with Crippen molar-refractivity contribution in [3.8, 4) is 0 Å². The SMILES string of the molecule is O=C(c1ccnc(Nc2cccc3cccnc23)n1)N1CCOCC1. The zero-order valence-electron chi connectivity index (χ0n) is 13.6. The summed E-state index contributed by atoms with van der Waals surface area (Å²) in [6, 6.07) is 11.4. The lowest BCUT2D eigenvalue weighted by Crippen LogP contribution is -2.41. The van der Waals surface area contributed by atoms with Crippen LogP contribution in [0, 0.1) is 0 Å². The molecule has 0 radical (unpaired) electrons. The van der Waals surface area contributed by atoms with Crippen molar-refractivity contribution in [1.29, 1.82) is 0 Å². The van der Waals surface area contributed by atoms with Crippen LogP contribution < -0.4 is 5.32 Å². The average Bonchev–Trinajstić information content (AvgIpc) is 2.69. The molecule has 7 nitrogen and oxygen atoms in total. The molecule has 3 heterocycles. The molecule has 7 heteroatoms. The Morgan fingerprint density at radius 3 is 2.76 bits per heavy atom. The predicted octanol–water partition coefficient (Wildman–Crippen LogP) is 2.24. The fourth-order valence-corrected chi connectivity index (χ4v) is 2.79. The van der Waals surface area contributed by atoms with Gasteiger partial charge in [-0.15, -0.1) is 0 Å². The Hall–Kier alpha value is -3.06. The van der Waals surface area contributed by atoms with Gasteiger partial charge in [0, 0.05) is 30.9 Å². The monoisotopic (exact) mass is 335 g/mol. The summed E-state index contributed by atoms with van der Waals surface area (Å²) in [6.45, 7) is 2.28. The van der Waals surface area contributed by atoms with Crippen molar-refractivity contribution in [3.05, 3.63) is 54.5 Å². The molecule has 1 aromatic carbocycles. The number of benzene rings is 1. The lowest BCUT2D eigenvalue weighted by atomic mass is 10.2. The highest BCUT2D eigenvalue weighted by atomic mass is 16.5. The van der Waals surface area contributed by atoms with Crippen LogP contribution in [0.2, 0.25) is 0 Å². The van der Waals surface area contributed by atoms with Gasteiger partial charge < -0.3 is 15.0 Å². The lowest BCUT2D eigenvalue weighted by Gasteiger charge is -2.26. The first-order valence-corrected chi connectivity index (χ1v) is 8.12. The number of hydrogen-bond donors (Lipinski definition) is 1. The van der Waals surface area contributed by atoms with Crippen LogP contribution in [0.25, 0.3) is 10.9 Å². The summed E-state index contributed by atoms with van der Waals surface area (Å²) >= 11 is 0. The first-order chi connectivity index (χ1) is 12.3. The van der Waals surface area contributed by atoms with Gasteiger partial charge in [-0.2, -0.15) is 0 Å². The van der Waals surface area contributed by atoms with Gasteiger partial charge in [-0.25, -0.2) is 9.97 Å². The van der Waals surface area contributed by atoms with E-state index in [2.05, 4.69) is 20.3 Å². The Kier molecular flexibility index (Phi) is 4.22. The smallest absolute Gasteiger partial charge is 0.272 e. The summed E-state index contributed by atoms with van der Waals surface area (Å²) in [4.78, 5) is 27.3. The van der Waals surface area contributed by atoms with Crippen LogP contribution in [0.4, 0.5) is 11.6 Å². The molecule has 1 fully saturated rings. The molecule has 0 aliphatic carbocycles. The highest BCUT2D eigenvalue weighted by Gasteiger charge is 2.20. The number of morpholine rings is 1.